The lowest BCUT2D eigenvalue weighted by atomic mass is 10.1. The molecule has 28 heavy (non-hydrogen) atoms. The third kappa shape index (κ3) is 5.15. The van der Waals surface area contributed by atoms with E-state index in [1.807, 2.05) is 0 Å². The van der Waals surface area contributed by atoms with Crippen molar-refractivity contribution in [1.29, 1.82) is 0 Å². The summed E-state index contributed by atoms with van der Waals surface area (Å²) in [5.74, 6) is -0.645. The standard InChI is InChI=1S/C17H17F3N2O3S3/c1-10(2)28(24,25)14-8-13(27-16(14)26-3)15(23)22-21-9-11-5-4-6-12(7-11)17(18,19)20/h4-10H,1-3H3,(H,22,23)/b21-9+. The van der Waals surface area contributed by atoms with E-state index in [9.17, 15) is 26.4 Å². The molecule has 0 unspecified atom stereocenters. The second-order valence-corrected chi connectivity index (χ2v) is 10.5. The monoisotopic (exact) mass is 450 g/mol. The number of hydrazone groups is 1. The highest BCUT2D eigenvalue weighted by molar-refractivity contribution is 8.01. The quantitative estimate of drug-likeness (QED) is 0.401. The maximum atomic E-state index is 12.7. The molecule has 1 heterocycles. The maximum Gasteiger partial charge on any atom is 0.416 e. The van der Waals surface area contributed by atoms with E-state index in [4.69, 9.17) is 0 Å². The number of halogens is 3. The zero-order valence-corrected chi connectivity index (χ0v) is 17.5. The third-order valence-electron chi connectivity index (χ3n) is 3.60. The molecule has 11 heteroatoms. The van der Waals surface area contributed by atoms with Gasteiger partial charge in [0.05, 0.1) is 31.0 Å². The molecule has 2 aromatic rings. The normalized spacial score (nSPS) is 12.7. The van der Waals surface area contributed by atoms with E-state index in [1.54, 1.807) is 20.1 Å². The van der Waals surface area contributed by atoms with Crippen molar-refractivity contribution in [2.24, 2.45) is 5.10 Å². The van der Waals surface area contributed by atoms with Crippen LogP contribution in [0.15, 0.2) is 44.5 Å². The number of sulfone groups is 1. The van der Waals surface area contributed by atoms with Crippen LogP contribution in [0.1, 0.15) is 34.6 Å². The van der Waals surface area contributed by atoms with Crippen LogP contribution < -0.4 is 5.43 Å². The lowest BCUT2D eigenvalue weighted by Crippen LogP contribution is -2.17. The largest absolute Gasteiger partial charge is 0.416 e. The van der Waals surface area contributed by atoms with Gasteiger partial charge in [-0.2, -0.15) is 18.3 Å². The third-order valence-corrected chi connectivity index (χ3v) is 8.30. The Kier molecular flexibility index (Phi) is 6.94. The van der Waals surface area contributed by atoms with E-state index in [2.05, 4.69) is 10.5 Å². The predicted octanol–water partition coefficient (Wildman–Crippen LogP) is 4.43. The molecule has 0 fully saturated rings. The highest BCUT2D eigenvalue weighted by Crippen LogP contribution is 2.35. The molecule has 1 aromatic carbocycles. The Balaban J connectivity index is 2.18. The molecule has 0 atom stereocenters. The molecule has 1 aromatic heterocycles. The molecule has 0 aliphatic heterocycles. The number of carbonyl (C=O) groups is 1. The number of carbonyl (C=O) groups excluding carboxylic acids is 1. The van der Waals surface area contributed by atoms with Gasteiger partial charge in [0, 0.05) is 0 Å². The average molecular weight is 451 g/mol. The Bertz CT molecular complexity index is 997. The lowest BCUT2D eigenvalue weighted by molar-refractivity contribution is -0.137. The second kappa shape index (κ2) is 8.66. The molecule has 1 N–H and O–H groups in total. The van der Waals surface area contributed by atoms with Crippen LogP contribution in [0.4, 0.5) is 13.2 Å². The molecule has 5 nitrogen and oxygen atoms in total. The highest BCUT2D eigenvalue weighted by Gasteiger charge is 2.30. The highest BCUT2D eigenvalue weighted by atomic mass is 32.2. The van der Waals surface area contributed by atoms with Crippen molar-refractivity contribution < 1.29 is 26.4 Å². The predicted molar refractivity (Wildman–Crippen MR) is 105 cm³/mol. The first kappa shape index (κ1) is 22.4. The van der Waals surface area contributed by atoms with Gasteiger partial charge in [0.1, 0.15) is 0 Å². The van der Waals surface area contributed by atoms with Gasteiger partial charge in [-0.1, -0.05) is 12.1 Å². The molecule has 0 aliphatic rings. The number of thioether (sulfide) groups is 1. The van der Waals surface area contributed by atoms with Crippen LogP contribution in [-0.4, -0.2) is 32.0 Å². The van der Waals surface area contributed by atoms with Crippen molar-refractivity contribution >= 4 is 45.1 Å². The number of thiophene rings is 1. The van der Waals surface area contributed by atoms with Crippen molar-refractivity contribution in [3.63, 3.8) is 0 Å². The van der Waals surface area contributed by atoms with Crippen molar-refractivity contribution in [3.05, 3.63) is 46.3 Å². The van der Waals surface area contributed by atoms with E-state index in [-0.39, 0.29) is 15.3 Å². The number of amides is 1. The number of alkyl halides is 3. The van der Waals surface area contributed by atoms with E-state index in [0.717, 1.165) is 29.7 Å². The van der Waals surface area contributed by atoms with Gasteiger partial charge in [-0.05, 0) is 43.9 Å². The summed E-state index contributed by atoms with van der Waals surface area (Å²) < 4.78 is 63.4. The summed E-state index contributed by atoms with van der Waals surface area (Å²) in [7, 11) is -3.55. The summed E-state index contributed by atoms with van der Waals surface area (Å²) in [4.78, 5) is 12.5. The number of hydrogen-bond acceptors (Lipinski definition) is 6. The van der Waals surface area contributed by atoms with E-state index >= 15 is 0 Å². The lowest BCUT2D eigenvalue weighted by Gasteiger charge is -2.06. The van der Waals surface area contributed by atoms with Gasteiger partial charge in [-0.25, -0.2) is 13.8 Å². The first-order valence-electron chi connectivity index (χ1n) is 7.89. The summed E-state index contributed by atoms with van der Waals surface area (Å²) in [6, 6.07) is 5.78. The summed E-state index contributed by atoms with van der Waals surface area (Å²) in [6.07, 6.45) is -1.68. The maximum absolute atomic E-state index is 12.7. The topological polar surface area (TPSA) is 75.6 Å². The molecule has 0 spiro atoms. The van der Waals surface area contributed by atoms with E-state index in [0.29, 0.717) is 4.21 Å². The van der Waals surface area contributed by atoms with Gasteiger partial charge in [-0.3, -0.25) is 4.79 Å². The van der Waals surface area contributed by atoms with Crippen molar-refractivity contribution in [1.82, 2.24) is 5.43 Å². The molecule has 0 radical (unpaired) electrons. The summed E-state index contributed by atoms with van der Waals surface area (Å²) >= 11 is 2.23. The molecule has 0 saturated carbocycles. The first-order chi connectivity index (χ1) is 13.0. The van der Waals surface area contributed by atoms with Crippen molar-refractivity contribution in [2.75, 3.05) is 6.26 Å². The van der Waals surface area contributed by atoms with Crippen LogP contribution in [0.5, 0.6) is 0 Å². The van der Waals surface area contributed by atoms with Crippen LogP contribution in [0, 0.1) is 0 Å². The van der Waals surface area contributed by atoms with Crippen molar-refractivity contribution in [3.8, 4) is 0 Å². The molecule has 0 bridgehead atoms. The molecular formula is C17H17F3N2O3S3. The van der Waals surface area contributed by atoms with Crippen LogP contribution in [0.25, 0.3) is 0 Å². The Morgan fingerprint density at radius 2 is 1.96 bits per heavy atom. The Morgan fingerprint density at radius 1 is 1.29 bits per heavy atom. The van der Waals surface area contributed by atoms with Gasteiger partial charge in [0.15, 0.2) is 9.84 Å². The van der Waals surface area contributed by atoms with Gasteiger partial charge in [0.25, 0.3) is 5.91 Å². The molecule has 2 rings (SSSR count). The number of rotatable bonds is 6. The minimum absolute atomic E-state index is 0.0898. The van der Waals surface area contributed by atoms with Gasteiger partial charge < -0.3 is 0 Å². The van der Waals surface area contributed by atoms with Gasteiger partial charge >= 0.3 is 6.18 Å². The molecular weight excluding hydrogens is 433 g/mol. The minimum Gasteiger partial charge on any atom is -0.266 e. The van der Waals surface area contributed by atoms with E-state index in [1.165, 1.54) is 30.0 Å². The average Bonchev–Trinajstić information content (AvgIpc) is 3.06. The van der Waals surface area contributed by atoms with Crippen LogP contribution in [0.3, 0.4) is 0 Å². The van der Waals surface area contributed by atoms with Crippen LogP contribution in [0.2, 0.25) is 0 Å². The number of hydrogen-bond donors (Lipinski definition) is 1. The number of nitrogens with zero attached hydrogens (tertiary/aromatic N) is 1. The fourth-order valence-electron chi connectivity index (χ4n) is 2.08. The SMILES string of the molecule is CSc1sc(C(=O)N/N=C/c2cccc(C(F)(F)F)c2)cc1S(=O)(=O)C(C)C. The Labute approximate surface area is 169 Å². The summed E-state index contributed by atoms with van der Waals surface area (Å²) in [6.45, 7) is 3.10. The minimum atomic E-state index is -4.48. The zero-order chi connectivity index (χ0) is 21.1. The van der Waals surface area contributed by atoms with Gasteiger partial charge in [0.2, 0.25) is 0 Å². The van der Waals surface area contributed by atoms with Crippen LogP contribution in [-0.2, 0) is 16.0 Å². The molecule has 0 aliphatic carbocycles. The summed E-state index contributed by atoms with van der Waals surface area (Å²) in [5.41, 5.74) is 1.54. The zero-order valence-electron chi connectivity index (χ0n) is 15.1. The Morgan fingerprint density at radius 3 is 2.54 bits per heavy atom. The number of benzene rings is 1. The second-order valence-electron chi connectivity index (χ2n) is 5.88. The fraction of sp³-hybridized carbons (Fsp3) is 0.294. The fourth-order valence-corrected chi connectivity index (χ4v) is 5.79. The van der Waals surface area contributed by atoms with Crippen molar-refractivity contribution in [2.45, 2.75) is 34.4 Å². The van der Waals surface area contributed by atoms with Gasteiger partial charge in [-0.15, -0.1) is 23.1 Å². The Hall–Kier alpha value is -1.85. The molecule has 152 valence electrons. The van der Waals surface area contributed by atoms with Crippen LogP contribution >= 0.6 is 23.1 Å². The summed E-state index contributed by atoms with van der Waals surface area (Å²) in [5, 5.41) is 3.03. The molecule has 0 saturated heterocycles. The molecule has 1 amide bonds. The first-order valence-corrected chi connectivity index (χ1v) is 11.5. The number of nitrogens with one attached hydrogen (secondary N) is 1. The smallest absolute Gasteiger partial charge is 0.266 e. The van der Waals surface area contributed by atoms with E-state index < -0.39 is 32.7 Å².